The van der Waals surface area contributed by atoms with Gasteiger partial charge in [-0.05, 0) is 48.7 Å². The second-order valence-electron chi connectivity index (χ2n) is 7.28. The minimum atomic E-state index is -3.32. The van der Waals surface area contributed by atoms with Crippen LogP contribution in [-0.2, 0) is 23.0 Å². The highest BCUT2D eigenvalue weighted by Crippen LogP contribution is 2.31. The zero-order valence-electron chi connectivity index (χ0n) is 16.7. The SMILES string of the molecule is C=CCn1c(SCC(=O)c2ccc3c(c2)CCCN3S(C)(=O)=O)nc2ccccc21. The molecule has 0 unspecified atom stereocenters. The van der Waals surface area contributed by atoms with E-state index in [1.54, 1.807) is 12.1 Å². The number of benzene rings is 2. The highest BCUT2D eigenvalue weighted by Gasteiger charge is 2.24. The Morgan fingerprint density at radius 1 is 1.27 bits per heavy atom. The molecule has 0 saturated heterocycles. The second-order valence-corrected chi connectivity index (χ2v) is 10.1. The Balaban J connectivity index is 1.55. The summed E-state index contributed by atoms with van der Waals surface area (Å²) in [4.78, 5) is 17.5. The molecule has 0 aliphatic carbocycles. The van der Waals surface area contributed by atoms with Crippen molar-refractivity contribution in [1.82, 2.24) is 9.55 Å². The van der Waals surface area contributed by atoms with Crippen molar-refractivity contribution in [3.8, 4) is 0 Å². The number of sulfonamides is 1. The lowest BCUT2D eigenvalue weighted by Gasteiger charge is -2.29. The van der Waals surface area contributed by atoms with Crippen molar-refractivity contribution in [3.05, 3.63) is 66.2 Å². The fourth-order valence-electron chi connectivity index (χ4n) is 3.76. The lowest BCUT2D eigenvalue weighted by Crippen LogP contribution is -2.34. The molecule has 2 aromatic carbocycles. The Hall–Kier alpha value is -2.58. The molecule has 6 nitrogen and oxygen atoms in total. The first kappa shape index (κ1) is 20.7. The maximum absolute atomic E-state index is 12.9. The van der Waals surface area contributed by atoms with Crippen LogP contribution in [0.15, 0.2) is 60.3 Å². The second kappa shape index (κ2) is 8.28. The highest BCUT2D eigenvalue weighted by atomic mass is 32.2. The topological polar surface area (TPSA) is 72.3 Å². The van der Waals surface area contributed by atoms with Gasteiger partial charge in [-0.3, -0.25) is 9.10 Å². The first-order valence-corrected chi connectivity index (χ1v) is 12.5. The Labute approximate surface area is 180 Å². The quantitative estimate of drug-likeness (QED) is 0.316. The number of allylic oxidation sites excluding steroid dienone is 1. The number of carbonyl (C=O) groups excluding carboxylic acids is 1. The molecule has 0 N–H and O–H groups in total. The number of rotatable bonds is 7. The lowest BCUT2D eigenvalue weighted by molar-refractivity contribution is 0.102. The van der Waals surface area contributed by atoms with Crippen LogP contribution in [0.1, 0.15) is 22.3 Å². The number of ketones is 1. The van der Waals surface area contributed by atoms with Crippen molar-refractivity contribution < 1.29 is 13.2 Å². The maximum atomic E-state index is 12.9. The van der Waals surface area contributed by atoms with E-state index in [2.05, 4.69) is 16.1 Å². The summed E-state index contributed by atoms with van der Waals surface area (Å²) in [5, 5.41) is 0.783. The average Bonchev–Trinajstić information content (AvgIpc) is 3.08. The number of thioether (sulfide) groups is 1. The van der Waals surface area contributed by atoms with E-state index < -0.39 is 10.0 Å². The van der Waals surface area contributed by atoms with Crippen molar-refractivity contribution in [1.29, 1.82) is 0 Å². The lowest BCUT2D eigenvalue weighted by atomic mass is 9.99. The summed E-state index contributed by atoms with van der Waals surface area (Å²) in [6, 6.07) is 13.2. The van der Waals surface area contributed by atoms with E-state index in [4.69, 9.17) is 0 Å². The minimum Gasteiger partial charge on any atom is -0.315 e. The molecule has 0 saturated carbocycles. The highest BCUT2D eigenvalue weighted by molar-refractivity contribution is 7.99. The molecule has 156 valence electrons. The zero-order valence-corrected chi connectivity index (χ0v) is 18.4. The molecule has 0 atom stereocenters. The number of imidazole rings is 1. The summed E-state index contributed by atoms with van der Waals surface area (Å²) >= 11 is 1.41. The van der Waals surface area contributed by atoms with Gasteiger partial charge in [0.15, 0.2) is 10.9 Å². The van der Waals surface area contributed by atoms with Crippen molar-refractivity contribution >= 4 is 44.3 Å². The summed E-state index contributed by atoms with van der Waals surface area (Å²) in [5.74, 6) is 0.256. The molecule has 0 amide bonds. The number of aromatic nitrogens is 2. The van der Waals surface area contributed by atoms with Crippen LogP contribution >= 0.6 is 11.8 Å². The molecule has 0 fully saturated rings. The molecule has 0 radical (unpaired) electrons. The first-order chi connectivity index (χ1) is 14.4. The van der Waals surface area contributed by atoms with Crippen molar-refractivity contribution in [2.45, 2.75) is 24.5 Å². The van der Waals surface area contributed by atoms with Gasteiger partial charge in [0.1, 0.15) is 0 Å². The molecule has 0 spiro atoms. The molecule has 2 heterocycles. The van der Waals surface area contributed by atoms with Crippen LogP contribution in [0.3, 0.4) is 0 Å². The number of hydrogen-bond acceptors (Lipinski definition) is 5. The van der Waals surface area contributed by atoms with E-state index in [1.807, 2.05) is 36.4 Å². The third-order valence-corrected chi connectivity index (χ3v) is 7.30. The monoisotopic (exact) mass is 441 g/mol. The molecule has 8 heteroatoms. The smallest absolute Gasteiger partial charge is 0.232 e. The third-order valence-electron chi connectivity index (χ3n) is 5.14. The summed E-state index contributed by atoms with van der Waals surface area (Å²) in [6.07, 6.45) is 4.55. The zero-order chi connectivity index (χ0) is 21.3. The number of aryl methyl sites for hydroxylation is 1. The molecular formula is C22H23N3O3S2. The van der Waals surface area contributed by atoms with Gasteiger partial charge in [0.2, 0.25) is 10.0 Å². The Morgan fingerprint density at radius 2 is 2.07 bits per heavy atom. The number of fused-ring (bicyclic) bond motifs is 2. The molecular weight excluding hydrogens is 418 g/mol. The number of carbonyl (C=O) groups is 1. The molecule has 3 aromatic rings. The standard InChI is InChI=1S/C22H23N3O3S2/c1-3-12-24-20-9-5-4-8-18(20)23-22(24)29-15-21(26)17-10-11-19-16(14-17)7-6-13-25(19)30(2,27)28/h3-5,8-11,14H,1,6-7,12-13,15H2,2H3. The number of hydrogen-bond donors (Lipinski definition) is 0. The van der Waals surface area contributed by atoms with Gasteiger partial charge in [-0.25, -0.2) is 13.4 Å². The minimum absolute atomic E-state index is 0.00325. The van der Waals surface area contributed by atoms with Gasteiger partial charge in [0.25, 0.3) is 0 Å². The summed E-state index contributed by atoms with van der Waals surface area (Å²) in [6.45, 7) is 4.92. The fourth-order valence-corrected chi connectivity index (χ4v) is 5.68. The van der Waals surface area contributed by atoms with Crippen LogP contribution < -0.4 is 4.31 Å². The first-order valence-electron chi connectivity index (χ1n) is 9.71. The molecule has 1 aromatic heterocycles. The van der Waals surface area contributed by atoms with Gasteiger partial charge in [-0.15, -0.1) is 6.58 Å². The van der Waals surface area contributed by atoms with Crippen LogP contribution in [0, 0.1) is 0 Å². The van der Waals surface area contributed by atoms with Crippen LogP contribution in [0.5, 0.6) is 0 Å². The van der Waals surface area contributed by atoms with Crippen molar-refractivity contribution in [3.63, 3.8) is 0 Å². The van der Waals surface area contributed by atoms with Crippen LogP contribution in [-0.4, -0.2) is 42.3 Å². The van der Waals surface area contributed by atoms with Crippen LogP contribution in [0.4, 0.5) is 5.69 Å². The largest absolute Gasteiger partial charge is 0.315 e. The Bertz CT molecular complexity index is 1230. The van der Waals surface area contributed by atoms with E-state index in [9.17, 15) is 13.2 Å². The van der Waals surface area contributed by atoms with Gasteiger partial charge >= 0.3 is 0 Å². The number of para-hydroxylation sites is 2. The number of nitrogens with zero attached hydrogens (tertiary/aromatic N) is 3. The van der Waals surface area contributed by atoms with Crippen LogP contribution in [0.2, 0.25) is 0 Å². The predicted molar refractivity (Wildman–Crippen MR) is 122 cm³/mol. The Morgan fingerprint density at radius 3 is 2.83 bits per heavy atom. The molecule has 1 aliphatic heterocycles. The summed E-state index contributed by atoms with van der Waals surface area (Å²) in [7, 11) is -3.32. The number of Topliss-reactive ketones (excluding diaryl/α,β-unsaturated/α-hetero) is 1. The third kappa shape index (κ3) is 4.02. The van der Waals surface area contributed by atoms with E-state index in [-0.39, 0.29) is 11.5 Å². The van der Waals surface area contributed by atoms with E-state index in [0.717, 1.165) is 34.6 Å². The maximum Gasteiger partial charge on any atom is 0.232 e. The van der Waals surface area contributed by atoms with Gasteiger partial charge in [0.05, 0.1) is 28.7 Å². The van der Waals surface area contributed by atoms with E-state index in [0.29, 0.717) is 24.3 Å². The number of anilines is 1. The van der Waals surface area contributed by atoms with E-state index >= 15 is 0 Å². The van der Waals surface area contributed by atoms with E-state index in [1.165, 1.54) is 22.3 Å². The van der Waals surface area contributed by atoms with Crippen molar-refractivity contribution in [2.75, 3.05) is 22.9 Å². The molecule has 4 rings (SSSR count). The van der Waals surface area contributed by atoms with Gasteiger partial charge < -0.3 is 4.57 Å². The average molecular weight is 442 g/mol. The fraction of sp³-hybridized carbons (Fsp3) is 0.273. The van der Waals surface area contributed by atoms with Gasteiger partial charge in [-0.1, -0.05) is 30.0 Å². The molecule has 1 aliphatic rings. The van der Waals surface area contributed by atoms with Gasteiger partial charge in [-0.2, -0.15) is 0 Å². The summed E-state index contributed by atoms with van der Waals surface area (Å²) < 4.78 is 27.5. The Kier molecular flexibility index (Phi) is 5.71. The molecule has 0 bridgehead atoms. The predicted octanol–water partition coefficient (Wildman–Crippen LogP) is 3.91. The van der Waals surface area contributed by atoms with Crippen LogP contribution in [0.25, 0.3) is 11.0 Å². The van der Waals surface area contributed by atoms with Gasteiger partial charge in [0, 0.05) is 18.7 Å². The van der Waals surface area contributed by atoms with Crippen molar-refractivity contribution in [2.24, 2.45) is 0 Å². The molecule has 30 heavy (non-hydrogen) atoms. The summed E-state index contributed by atoms with van der Waals surface area (Å²) in [5.41, 5.74) is 4.09. The normalized spacial score (nSPS) is 14.0.